The summed E-state index contributed by atoms with van der Waals surface area (Å²) in [6, 6.07) is 10.6. The molecule has 1 fully saturated rings. The zero-order chi connectivity index (χ0) is 17.2. The summed E-state index contributed by atoms with van der Waals surface area (Å²) in [7, 11) is 0. The summed E-state index contributed by atoms with van der Waals surface area (Å²) in [5.74, 6) is 1.02. The van der Waals surface area contributed by atoms with Crippen LogP contribution in [0.1, 0.15) is 47.9 Å². The van der Waals surface area contributed by atoms with Gasteiger partial charge in [-0.2, -0.15) is 0 Å². The summed E-state index contributed by atoms with van der Waals surface area (Å²) in [6.45, 7) is 5.02. The number of fused-ring (bicyclic) bond motifs is 1. The van der Waals surface area contributed by atoms with Crippen molar-refractivity contribution in [2.75, 3.05) is 19.6 Å². The van der Waals surface area contributed by atoms with E-state index in [1.165, 1.54) is 11.1 Å². The Balaban J connectivity index is 1.44. The van der Waals surface area contributed by atoms with Gasteiger partial charge in [-0.1, -0.05) is 29.4 Å². The minimum atomic E-state index is 0.0655. The lowest BCUT2D eigenvalue weighted by Crippen LogP contribution is -2.45. The van der Waals surface area contributed by atoms with Gasteiger partial charge in [0.05, 0.1) is 12.6 Å². The van der Waals surface area contributed by atoms with Crippen molar-refractivity contribution in [2.45, 2.75) is 45.2 Å². The van der Waals surface area contributed by atoms with E-state index in [-0.39, 0.29) is 11.9 Å². The van der Waals surface area contributed by atoms with Gasteiger partial charge < -0.3 is 9.42 Å². The number of carbonyl (C=O) groups excluding carboxylic acids is 1. The van der Waals surface area contributed by atoms with Gasteiger partial charge in [0.25, 0.3) is 0 Å². The Morgan fingerprint density at radius 3 is 2.88 bits per heavy atom. The molecule has 4 rings (SSSR count). The molecule has 0 N–H and O–H groups in total. The molecule has 0 radical (unpaired) electrons. The molecule has 0 bridgehead atoms. The van der Waals surface area contributed by atoms with Gasteiger partial charge in [-0.05, 0) is 43.7 Å². The molecule has 132 valence electrons. The largest absolute Gasteiger partial charge is 0.361 e. The van der Waals surface area contributed by atoms with Crippen molar-refractivity contribution in [2.24, 2.45) is 0 Å². The average molecular weight is 339 g/mol. The van der Waals surface area contributed by atoms with Crippen LogP contribution < -0.4 is 0 Å². The number of aryl methyl sites for hydroxylation is 1. The number of rotatable bonds is 3. The third-order valence-electron chi connectivity index (χ3n) is 5.38. The SMILES string of the molecule is Cc1cc([C@@H]2CCCCN2C(=O)CN2CCc3ccccc3C2)no1. The summed E-state index contributed by atoms with van der Waals surface area (Å²) in [4.78, 5) is 17.3. The summed E-state index contributed by atoms with van der Waals surface area (Å²) in [5, 5.41) is 4.17. The minimum absolute atomic E-state index is 0.0655. The van der Waals surface area contributed by atoms with Gasteiger partial charge in [0, 0.05) is 25.7 Å². The van der Waals surface area contributed by atoms with Gasteiger partial charge in [0.2, 0.25) is 5.91 Å². The predicted octanol–water partition coefficient (Wildman–Crippen LogP) is 3.09. The molecule has 1 aromatic heterocycles. The number of piperidine rings is 1. The van der Waals surface area contributed by atoms with E-state index < -0.39 is 0 Å². The molecule has 2 aliphatic heterocycles. The van der Waals surface area contributed by atoms with Crippen molar-refractivity contribution >= 4 is 5.91 Å². The van der Waals surface area contributed by atoms with Gasteiger partial charge in [-0.25, -0.2) is 0 Å². The van der Waals surface area contributed by atoms with Crippen molar-refractivity contribution < 1.29 is 9.32 Å². The van der Waals surface area contributed by atoms with Crippen LogP contribution in [0.15, 0.2) is 34.9 Å². The molecule has 2 aliphatic rings. The van der Waals surface area contributed by atoms with E-state index in [4.69, 9.17) is 4.52 Å². The standard InChI is InChI=1S/C20H25N3O2/c1-15-12-18(21-25-15)19-8-4-5-10-23(19)20(24)14-22-11-9-16-6-2-3-7-17(16)13-22/h2-3,6-7,12,19H,4-5,8-11,13-14H2,1H3/t19-/m0/s1. The molecule has 1 aromatic carbocycles. The molecule has 0 spiro atoms. The molecule has 5 nitrogen and oxygen atoms in total. The number of carbonyl (C=O) groups is 1. The Hall–Kier alpha value is -2.14. The van der Waals surface area contributed by atoms with Crippen LogP contribution in [0.3, 0.4) is 0 Å². The van der Waals surface area contributed by atoms with Gasteiger partial charge in [0.1, 0.15) is 11.5 Å². The highest BCUT2D eigenvalue weighted by molar-refractivity contribution is 5.79. The quantitative estimate of drug-likeness (QED) is 0.862. The molecule has 1 atom stereocenters. The fraction of sp³-hybridized carbons (Fsp3) is 0.500. The fourth-order valence-electron chi connectivity index (χ4n) is 4.05. The lowest BCUT2D eigenvalue weighted by atomic mass is 9.98. The van der Waals surface area contributed by atoms with E-state index in [0.29, 0.717) is 6.54 Å². The molecule has 0 unspecified atom stereocenters. The van der Waals surface area contributed by atoms with Crippen LogP contribution in [0.4, 0.5) is 0 Å². The first-order chi connectivity index (χ1) is 12.2. The molecule has 25 heavy (non-hydrogen) atoms. The van der Waals surface area contributed by atoms with Crippen LogP contribution in [0.25, 0.3) is 0 Å². The molecular formula is C20H25N3O2. The van der Waals surface area contributed by atoms with Crippen LogP contribution in [0.5, 0.6) is 0 Å². The van der Waals surface area contributed by atoms with Crippen molar-refractivity contribution in [3.63, 3.8) is 0 Å². The van der Waals surface area contributed by atoms with E-state index in [1.807, 2.05) is 17.9 Å². The molecule has 2 aromatic rings. The minimum Gasteiger partial charge on any atom is -0.361 e. The van der Waals surface area contributed by atoms with Crippen LogP contribution >= 0.6 is 0 Å². The van der Waals surface area contributed by atoms with Gasteiger partial charge in [-0.3, -0.25) is 9.69 Å². The summed E-state index contributed by atoms with van der Waals surface area (Å²) in [6.07, 6.45) is 4.20. The normalized spacial score (nSPS) is 21.2. The Kier molecular flexibility index (Phi) is 4.57. The Bertz CT molecular complexity index is 755. The fourth-order valence-corrected chi connectivity index (χ4v) is 4.05. The number of likely N-dealkylation sites (tertiary alicyclic amines) is 1. The molecule has 1 saturated heterocycles. The lowest BCUT2D eigenvalue weighted by molar-refractivity contribution is -0.136. The zero-order valence-electron chi connectivity index (χ0n) is 14.8. The lowest BCUT2D eigenvalue weighted by Gasteiger charge is -2.37. The Morgan fingerprint density at radius 1 is 1.24 bits per heavy atom. The summed E-state index contributed by atoms with van der Waals surface area (Å²) < 4.78 is 5.24. The highest BCUT2D eigenvalue weighted by Crippen LogP contribution is 2.31. The maximum absolute atomic E-state index is 13.0. The highest BCUT2D eigenvalue weighted by atomic mass is 16.5. The van der Waals surface area contributed by atoms with E-state index in [0.717, 1.165) is 56.8 Å². The van der Waals surface area contributed by atoms with E-state index in [1.54, 1.807) is 0 Å². The second kappa shape index (κ2) is 7.00. The number of hydrogen-bond acceptors (Lipinski definition) is 4. The number of benzene rings is 1. The molecule has 3 heterocycles. The van der Waals surface area contributed by atoms with Crippen LogP contribution in [0.2, 0.25) is 0 Å². The zero-order valence-corrected chi connectivity index (χ0v) is 14.8. The number of amides is 1. The Labute approximate surface area is 148 Å². The van der Waals surface area contributed by atoms with Crippen molar-refractivity contribution in [1.82, 2.24) is 15.0 Å². The smallest absolute Gasteiger partial charge is 0.237 e. The van der Waals surface area contributed by atoms with Crippen molar-refractivity contribution in [1.29, 1.82) is 0 Å². The summed E-state index contributed by atoms with van der Waals surface area (Å²) >= 11 is 0. The highest BCUT2D eigenvalue weighted by Gasteiger charge is 2.31. The van der Waals surface area contributed by atoms with Crippen molar-refractivity contribution in [3.05, 3.63) is 52.9 Å². The first-order valence-electron chi connectivity index (χ1n) is 9.22. The van der Waals surface area contributed by atoms with Crippen LogP contribution in [-0.2, 0) is 17.8 Å². The predicted molar refractivity (Wildman–Crippen MR) is 95.0 cm³/mol. The maximum Gasteiger partial charge on any atom is 0.237 e. The average Bonchev–Trinajstić information content (AvgIpc) is 3.08. The van der Waals surface area contributed by atoms with Crippen LogP contribution in [0, 0.1) is 6.92 Å². The second-order valence-corrected chi connectivity index (χ2v) is 7.19. The first-order valence-corrected chi connectivity index (χ1v) is 9.22. The molecule has 0 saturated carbocycles. The van der Waals surface area contributed by atoms with Gasteiger partial charge >= 0.3 is 0 Å². The van der Waals surface area contributed by atoms with E-state index in [9.17, 15) is 4.79 Å². The van der Waals surface area contributed by atoms with E-state index >= 15 is 0 Å². The molecule has 1 amide bonds. The molecule has 0 aliphatic carbocycles. The molecular weight excluding hydrogens is 314 g/mol. The second-order valence-electron chi connectivity index (χ2n) is 7.19. The monoisotopic (exact) mass is 339 g/mol. The summed E-state index contributed by atoms with van der Waals surface area (Å²) in [5.41, 5.74) is 3.67. The third-order valence-corrected chi connectivity index (χ3v) is 5.38. The number of nitrogens with zero attached hydrogens (tertiary/aromatic N) is 3. The topological polar surface area (TPSA) is 49.6 Å². The van der Waals surface area contributed by atoms with Gasteiger partial charge in [0.15, 0.2) is 0 Å². The molecule has 5 heteroatoms. The Morgan fingerprint density at radius 2 is 2.08 bits per heavy atom. The maximum atomic E-state index is 13.0. The number of hydrogen-bond donors (Lipinski definition) is 0. The third kappa shape index (κ3) is 3.47. The van der Waals surface area contributed by atoms with Crippen LogP contribution in [-0.4, -0.2) is 40.5 Å². The first kappa shape index (κ1) is 16.3. The van der Waals surface area contributed by atoms with Crippen molar-refractivity contribution in [3.8, 4) is 0 Å². The van der Waals surface area contributed by atoms with E-state index in [2.05, 4.69) is 34.3 Å². The number of aromatic nitrogens is 1. The van der Waals surface area contributed by atoms with Gasteiger partial charge in [-0.15, -0.1) is 0 Å².